The number of fused-ring (bicyclic) bond motifs is 5. The molecule has 5 aromatic carbocycles. The Morgan fingerprint density at radius 1 is 0.577 bits per heavy atom. The minimum atomic E-state index is -1.69. The van der Waals surface area contributed by atoms with Crippen molar-refractivity contribution in [3.63, 3.8) is 0 Å². The average Bonchev–Trinajstić information content (AvgIpc) is 3.70. The van der Waals surface area contributed by atoms with Gasteiger partial charge in [-0.2, -0.15) is 0 Å². The number of imide groups is 1. The van der Waals surface area contributed by atoms with E-state index in [1.807, 2.05) is 60.7 Å². The molecule has 1 saturated heterocycles. The largest absolute Gasteiger partial charge is 0.497 e. The number of anilines is 1. The maximum atomic E-state index is 16.1. The summed E-state index contributed by atoms with van der Waals surface area (Å²) in [7, 11) is 4.50. The van der Waals surface area contributed by atoms with E-state index in [9.17, 15) is 10.1 Å². The molecular formula is C42H32N2O8. The van der Waals surface area contributed by atoms with Crippen molar-refractivity contribution >= 4 is 40.1 Å². The molecular weight excluding hydrogens is 660 g/mol. The Labute approximate surface area is 299 Å². The van der Waals surface area contributed by atoms with Gasteiger partial charge in [0.15, 0.2) is 5.78 Å². The van der Waals surface area contributed by atoms with Crippen LogP contribution in [0, 0.1) is 22.0 Å². The SMILES string of the molecule is COc1ccc(C2=C(c3ccc(OC)cc3)C3(c4ccccc4)C(=O)C2(c2ccccc2)C2C(=O)N(c4ccc(OC)cc4[N+](=O)[O-])C(=O)C23)cc1. The van der Waals surface area contributed by atoms with Crippen LogP contribution < -0.4 is 19.1 Å². The number of nitro groups is 1. The van der Waals surface area contributed by atoms with Crippen LogP contribution >= 0.6 is 0 Å². The number of Topliss-reactive ketones (excluding diaryl/α,β-unsaturated/α-hetero) is 1. The molecule has 2 amide bonds. The minimum Gasteiger partial charge on any atom is -0.497 e. The zero-order valence-electron chi connectivity index (χ0n) is 28.4. The fourth-order valence-electron chi connectivity index (χ4n) is 8.84. The van der Waals surface area contributed by atoms with Crippen molar-refractivity contribution in [3.05, 3.63) is 160 Å². The first-order chi connectivity index (χ1) is 25.2. The summed E-state index contributed by atoms with van der Waals surface area (Å²) in [5, 5.41) is 12.5. The Morgan fingerprint density at radius 2 is 0.981 bits per heavy atom. The molecule has 2 fully saturated rings. The Bertz CT molecular complexity index is 2180. The molecule has 4 atom stereocenters. The second-order valence-electron chi connectivity index (χ2n) is 13.0. The number of carbonyl (C=O) groups excluding carboxylic acids is 3. The van der Waals surface area contributed by atoms with Gasteiger partial charge in [-0.15, -0.1) is 0 Å². The predicted molar refractivity (Wildman–Crippen MR) is 193 cm³/mol. The van der Waals surface area contributed by atoms with Crippen LogP contribution in [0.5, 0.6) is 17.2 Å². The molecule has 8 rings (SSSR count). The number of nitro benzene ring substituents is 1. The molecule has 10 heteroatoms. The van der Waals surface area contributed by atoms with Crippen LogP contribution in [0.4, 0.5) is 11.4 Å². The molecule has 4 unspecified atom stereocenters. The molecule has 2 bridgehead atoms. The standard InChI is InChI=1S/C42H32N2O8/c1-50-29-18-14-25(15-19-29)34-35(26-16-20-30(51-2)21-17-26)42(28-12-8-5-9-13-28)37-36(41(34,40(42)47)27-10-6-4-7-11-27)38(45)43(39(37)46)32-23-22-31(52-3)24-33(32)44(48)49/h4-24,36-37H,1-3H3. The number of hydrogen-bond donors (Lipinski definition) is 0. The summed E-state index contributed by atoms with van der Waals surface area (Å²) in [6.45, 7) is 0. The first kappa shape index (κ1) is 32.6. The topological polar surface area (TPSA) is 125 Å². The predicted octanol–water partition coefficient (Wildman–Crippen LogP) is 6.81. The molecule has 0 radical (unpaired) electrons. The maximum absolute atomic E-state index is 16.1. The molecule has 0 aromatic heterocycles. The van der Waals surface area contributed by atoms with Crippen LogP contribution in [-0.4, -0.2) is 43.9 Å². The maximum Gasteiger partial charge on any atom is 0.297 e. The number of rotatable bonds is 9. The molecule has 1 aliphatic heterocycles. The average molecular weight is 693 g/mol. The normalized spacial score (nSPS) is 23.2. The molecule has 2 aliphatic carbocycles. The number of methoxy groups -OCH3 is 3. The van der Waals surface area contributed by atoms with Crippen molar-refractivity contribution in [1.82, 2.24) is 0 Å². The van der Waals surface area contributed by atoms with Crippen LogP contribution in [0.3, 0.4) is 0 Å². The molecule has 5 aromatic rings. The van der Waals surface area contributed by atoms with E-state index < -0.39 is 45.1 Å². The van der Waals surface area contributed by atoms with Crippen molar-refractivity contribution in [3.8, 4) is 17.2 Å². The minimum absolute atomic E-state index is 0.189. The van der Waals surface area contributed by atoms with Gasteiger partial charge in [0.05, 0.1) is 55.0 Å². The number of hydrogen-bond acceptors (Lipinski definition) is 8. The molecule has 10 nitrogen and oxygen atoms in total. The molecule has 1 heterocycles. The third-order valence-corrected chi connectivity index (χ3v) is 10.8. The number of allylic oxidation sites excluding steroid dienone is 2. The lowest BCUT2D eigenvalue weighted by Crippen LogP contribution is -2.45. The van der Waals surface area contributed by atoms with Crippen molar-refractivity contribution in [1.29, 1.82) is 0 Å². The molecule has 3 aliphatic rings. The van der Waals surface area contributed by atoms with E-state index in [0.717, 1.165) is 4.90 Å². The van der Waals surface area contributed by atoms with Crippen LogP contribution in [0.1, 0.15) is 22.3 Å². The fraction of sp³-hybridized carbons (Fsp3) is 0.167. The van der Waals surface area contributed by atoms with E-state index in [-0.39, 0.29) is 17.2 Å². The smallest absolute Gasteiger partial charge is 0.297 e. The van der Waals surface area contributed by atoms with Crippen molar-refractivity contribution in [2.45, 2.75) is 10.8 Å². The van der Waals surface area contributed by atoms with E-state index in [0.29, 0.717) is 44.9 Å². The second-order valence-corrected chi connectivity index (χ2v) is 13.0. The van der Waals surface area contributed by atoms with Crippen molar-refractivity contribution in [2.24, 2.45) is 11.8 Å². The van der Waals surface area contributed by atoms with Gasteiger partial charge < -0.3 is 14.2 Å². The van der Waals surface area contributed by atoms with Gasteiger partial charge in [-0.25, -0.2) is 4.90 Å². The van der Waals surface area contributed by atoms with Gasteiger partial charge in [0.25, 0.3) is 5.69 Å². The summed E-state index contributed by atoms with van der Waals surface area (Å²) in [4.78, 5) is 59.3. The Balaban J connectivity index is 1.53. The summed E-state index contributed by atoms with van der Waals surface area (Å²) < 4.78 is 16.2. The van der Waals surface area contributed by atoms with E-state index in [1.165, 1.54) is 25.3 Å². The highest BCUT2D eigenvalue weighted by Crippen LogP contribution is 2.74. The third-order valence-electron chi connectivity index (χ3n) is 10.8. The first-order valence-electron chi connectivity index (χ1n) is 16.6. The highest BCUT2D eigenvalue weighted by molar-refractivity contribution is 6.39. The van der Waals surface area contributed by atoms with Crippen LogP contribution in [0.2, 0.25) is 0 Å². The summed E-state index contributed by atoms with van der Waals surface area (Å²) in [5.41, 5.74) is -0.482. The highest BCUT2D eigenvalue weighted by atomic mass is 16.6. The van der Waals surface area contributed by atoms with Gasteiger partial charge in [-0.1, -0.05) is 84.9 Å². The van der Waals surface area contributed by atoms with Crippen molar-refractivity contribution in [2.75, 3.05) is 26.2 Å². The number of ether oxygens (including phenoxy) is 3. The summed E-state index contributed by atoms with van der Waals surface area (Å²) in [5.74, 6) is -2.83. The number of nitrogens with zero attached hydrogens (tertiary/aromatic N) is 2. The quantitative estimate of drug-likeness (QED) is 0.0938. The summed E-state index contributed by atoms with van der Waals surface area (Å²) in [6, 6.07) is 36.7. The zero-order valence-corrected chi connectivity index (χ0v) is 28.4. The highest BCUT2D eigenvalue weighted by Gasteiger charge is 2.83. The molecule has 1 saturated carbocycles. The van der Waals surface area contributed by atoms with Crippen LogP contribution in [-0.2, 0) is 25.2 Å². The van der Waals surface area contributed by atoms with Gasteiger partial charge >= 0.3 is 0 Å². The number of benzene rings is 5. The lowest BCUT2D eigenvalue weighted by Gasteiger charge is -2.39. The second kappa shape index (κ2) is 12.1. The van der Waals surface area contributed by atoms with E-state index in [4.69, 9.17) is 14.2 Å². The number of ketones is 1. The van der Waals surface area contributed by atoms with E-state index >= 15 is 14.4 Å². The number of amides is 2. The molecule has 52 heavy (non-hydrogen) atoms. The van der Waals surface area contributed by atoms with Crippen LogP contribution in [0.25, 0.3) is 11.1 Å². The third kappa shape index (κ3) is 4.21. The summed E-state index contributed by atoms with van der Waals surface area (Å²) in [6.07, 6.45) is 0. The van der Waals surface area contributed by atoms with E-state index in [1.54, 1.807) is 62.8 Å². The van der Waals surface area contributed by atoms with Gasteiger partial charge in [0, 0.05) is 0 Å². The first-order valence-corrected chi connectivity index (χ1v) is 16.6. The molecule has 0 spiro atoms. The van der Waals surface area contributed by atoms with Gasteiger partial charge in [0.2, 0.25) is 11.8 Å². The molecule has 258 valence electrons. The Hall–Kier alpha value is -6.55. The van der Waals surface area contributed by atoms with Crippen LogP contribution in [0.15, 0.2) is 127 Å². The van der Waals surface area contributed by atoms with Gasteiger partial charge in [0.1, 0.15) is 22.9 Å². The number of carbonyl (C=O) groups is 3. The molecule has 0 N–H and O–H groups in total. The monoisotopic (exact) mass is 692 g/mol. The fourth-order valence-corrected chi connectivity index (χ4v) is 8.84. The van der Waals surface area contributed by atoms with Gasteiger partial charge in [-0.05, 0) is 69.8 Å². The summed E-state index contributed by atoms with van der Waals surface area (Å²) >= 11 is 0. The van der Waals surface area contributed by atoms with E-state index in [2.05, 4.69) is 0 Å². The zero-order chi connectivity index (χ0) is 36.4. The Morgan fingerprint density at radius 3 is 1.37 bits per heavy atom. The lowest BCUT2D eigenvalue weighted by molar-refractivity contribution is -0.384. The lowest BCUT2D eigenvalue weighted by atomic mass is 9.59. The van der Waals surface area contributed by atoms with Crippen molar-refractivity contribution < 1.29 is 33.5 Å². The van der Waals surface area contributed by atoms with Gasteiger partial charge in [-0.3, -0.25) is 24.5 Å². The Kier molecular flexibility index (Phi) is 7.56.